The molecule has 2 aromatic carbocycles. The van der Waals surface area contributed by atoms with Crippen LogP contribution in [0.15, 0.2) is 88.4 Å². The lowest BCUT2D eigenvalue weighted by molar-refractivity contribution is 0.245. The van der Waals surface area contributed by atoms with Gasteiger partial charge in [-0.25, -0.2) is 4.39 Å². The first-order valence-electron chi connectivity index (χ1n) is 13.8. The Balaban J connectivity index is 0.00000189. The first-order valence-corrected chi connectivity index (χ1v) is 14.6. The summed E-state index contributed by atoms with van der Waals surface area (Å²) in [6.07, 6.45) is 7.43. The number of halogens is 1. The summed E-state index contributed by atoms with van der Waals surface area (Å²) in [7, 11) is 1.87. The number of pyridine rings is 1. The van der Waals surface area contributed by atoms with Crippen LogP contribution in [0.25, 0.3) is 22.0 Å². The molecule has 1 fully saturated rings. The zero-order chi connectivity index (χ0) is 29.4. The van der Waals surface area contributed by atoms with Gasteiger partial charge in [0.25, 0.3) is 5.24 Å². The first-order chi connectivity index (χ1) is 19.9. The molecular formula is C33H35FN2O4S. The van der Waals surface area contributed by atoms with Crippen molar-refractivity contribution >= 4 is 39.1 Å². The molecule has 1 aromatic heterocycles. The van der Waals surface area contributed by atoms with Gasteiger partial charge in [0.15, 0.2) is 5.75 Å². The van der Waals surface area contributed by atoms with E-state index in [9.17, 15) is 14.0 Å². The Hall–Kier alpha value is -4.04. The second-order valence-electron chi connectivity index (χ2n) is 9.30. The Morgan fingerprint density at radius 1 is 1.05 bits per heavy atom. The normalized spacial score (nSPS) is 15.8. The number of allylic oxidation sites excluding steroid dienone is 7. The number of nitrogens with zero attached hydrogens (tertiary/aromatic N) is 1. The molecule has 5 rings (SSSR count). The largest absolute Gasteiger partial charge is 0.493 e. The van der Waals surface area contributed by atoms with Crippen molar-refractivity contribution in [1.29, 1.82) is 0 Å². The Morgan fingerprint density at radius 3 is 2.51 bits per heavy atom. The fraction of sp³-hybridized carbons (Fsp3) is 0.273. The van der Waals surface area contributed by atoms with E-state index in [1.165, 1.54) is 23.9 Å². The number of hydrogen-bond donors (Lipinski definition) is 1. The van der Waals surface area contributed by atoms with Crippen molar-refractivity contribution in [2.45, 2.75) is 33.6 Å². The second-order valence-corrected chi connectivity index (χ2v) is 10.4. The average Bonchev–Trinajstić information content (AvgIpc) is 3.32. The number of aromatic nitrogens is 1. The molecule has 0 unspecified atom stereocenters. The van der Waals surface area contributed by atoms with Crippen LogP contribution in [0, 0.1) is 0 Å². The molecule has 0 bridgehead atoms. The van der Waals surface area contributed by atoms with Gasteiger partial charge in [-0.3, -0.25) is 9.59 Å². The molecule has 0 spiro atoms. The molecule has 0 saturated carbocycles. The molecule has 1 N–H and O–H groups in total. The summed E-state index contributed by atoms with van der Waals surface area (Å²) in [6.45, 7) is 7.24. The number of thioether (sulfide) groups is 1. The summed E-state index contributed by atoms with van der Waals surface area (Å²) in [5.41, 5.74) is 3.91. The maximum atomic E-state index is 14.3. The number of hydrogen-bond acceptors (Lipinski definition) is 5. The van der Waals surface area contributed by atoms with E-state index in [0.29, 0.717) is 42.6 Å². The third-order valence-corrected chi connectivity index (χ3v) is 7.76. The van der Waals surface area contributed by atoms with Crippen LogP contribution in [0.3, 0.4) is 0 Å². The predicted octanol–water partition coefficient (Wildman–Crippen LogP) is 7.80. The van der Waals surface area contributed by atoms with Crippen LogP contribution < -0.4 is 20.2 Å². The Morgan fingerprint density at radius 2 is 1.78 bits per heavy atom. The number of carbonyl (C=O) groups excluding carboxylic acids is 1. The van der Waals surface area contributed by atoms with Crippen molar-refractivity contribution in [1.82, 2.24) is 9.88 Å². The lowest BCUT2D eigenvalue weighted by Gasteiger charge is -2.19. The summed E-state index contributed by atoms with van der Waals surface area (Å²) in [5.74, 6) is 0.573. The van der Waals surface area contributed by atoms with Crippen LogP contribution in [0.5, 0.6) is 11.5 Å². The minimum atomic E-state index is -0.372. The molecule has 1 aliphatic heterocycles. The van der Waals surface area contributed by atoms with E-state index >= 15 is 0 Å². The molecular weight excluding hydrogens is 539 g/mol. The van der Waals surface area contributed by atoms with E-state index < -0.39 is 0 Å². The minimum Gasteiger partial charge on any atom is -0.493 e. The molecule has 0 atom stereocenters. The highest BCUT2D eigenvalue weighted by Crippen LogP contribution is 2.32. The SMILES string of the molecule is C/C(=C1/CNC(=O)S1)c1ccc(OCCCOc2c(C3=CC(F)=CC=CC3)n(C)c3ccccc3c2=O)cc1.CC. The fourth-order valence-electron chi connectivity index (χ4n) is 4.68. The van der Waals surface area contributed by atoms with Gasteiger partial charge < -0.3 is 19.4 Å². The lowest BCUT2D eigenvalue weighted by atomic mass is 10.0. The van der Waals surface area contributed by atoms with E-state index in [1.54, 1.807) is 12.1 Å². The van der Waals surface area contributed by atoms with Gasteiger partial charge in [0, 0.05) is 23.8 Å². The van der Waals surface area contributed by atoms with E-state index in [-0.39, 0.29) is 28.9 Å². The topological polar surface area (TPSA) is 69.6 Å². The summed E-state index contributed by atoms with van der Waals surface area (Å²) in [6, 6.07) is 15.1. The summed E-state index contributed by atoms with van der Waals surface area (Å²) in [5, 5.41) is 3.34. The van der Waals surface area contributed by atoms with Crippen molar-refractivity contribution in [3.63, 3.8) is 0 Å². The Kier molecular flexibility index (Phi) is 10.2. The number of nitrogens with one attached hydrogen (secondary N) is 1. The zero-order valence-electron chi connectivity index (χ0n) is 23.8. The second kappa shape index (κ2) is 14.0. The van der Waals surface area contributed by atoms with Crippen LogP contribution in [0.1, 0.15) is 44.9 Å². The highest BCUT2D eigenvalue weighted by atomic mass is 32.2. The van der Waals surface area contributed by atoms with E-state index in [4.69, 9.17) is 9.47 Å². The maximum Gasteiger partial charge on any atom is 0.283 e. The van der Waals surface area contributed by atoms with Crippen molar-refractivity contribution in [3.8, 4) is 11.5 Å². The molecule has 3 aromatic rings. The van der Waals surface area contributed by atoms with Crippen LogP contribution >= 0.6 is 11.8 Å². The molecule has 2 heterocycles. The summed E-state index contributed by atoms with van der Waals surface area (Å²) in [4.78, 5) is 25.9. The van der Waals surface area contributed by atoms with Gasteiger partial charge >= 0.3 is 0 Å². The lowest BCUT2D eigenvalue weighted by Crippen LogP contribution is -2.18. The van der Waals surface area contributed by atoms with Crippen LogP contribution in [-0.2, 0) is 7.05 Å². The maximum absolute atomic E-state index is 14.3. The van der Waals surface area contributed by atoms with Crippen LogP contribution in [-0.4, -0.2) is 29.6 Å². The van der Waals surface area contributed by atoms with Crippen molar-refractivity contribution in [2.75, 3.05) is 19.8 Å². The van der Waals surface area contributed by atoms with Gasteiger partial charge in [0.2, 0.25) is 5.43 Å². The number of amides is 1. The van der Waals surface area contributed by atoms with Crippen molar-refractivity contribution in [2.24, 2.45) is 7.05 Å². The van der Waals surface area contributed by atoms with Crippen molar-refractivity contribution < 1.29 is 18.7 Å². The Bertz CT molecular complexity index is 1600. The van der Waals surface area contributed by atoms with Crippen LogP contribution in [0.4, 0.5) is 9.18 Å². The molecule has 1 saturated heterocycles. The van der Waals surface area contributed by atoms with Gasteiger partial charge in [-0.2, -0.15) is 0 Å². The number of rotatable bonds is 8. The molecule has 1 aliphatic carbocycles. The van der Waals surface area contributed by atoms with E-state index in [0.717, 1.165) is 27.3 Å². The molecule has 0 radical (unpaired) electrons. The quantitative estimate of drug-likeness (QED) is 0.278. The van der Waals surface area contributed by atoms with Gasteiger partial charge in [-0.05, 0) is 78.2 Å². The first kappa shape index (κ1) is 29.9. The summed E-state index contributed by atoms with van der Waals surface area (Å²) < 4.78 is 28.2. The monoisotopic (exact) mass is 574 g/mol. The summed E-state index contributed by atoms with van der Waals surface area (Å²) >= 11 is 1.24. The van der Waals surface area contributed by atoms with E-state index in [1.807, 2.05) is 80.9 Å². The number of fused-ring (bicyclic) bond motifs is 1. The molecule has 1 amide bonds. The average molecular weight is 575 g/mol. The zero-order valence-corrected chi connectivity index (χ0v) is 24.6. The number of ether oxygens (including phenoxy) is 2. The molecule has 214 valence electrons. The highest BCUT2D eigenvalue weighted by Gasteiger charge is 2.21. The van der Waals surface area contributed by atoms with Crippen molar-refractivity contribution in [3.05, 3.63) is 105 Å². The standard InChI is InChI=1S/C31H29FN2O4S.C2H6/c1-20(27-19-33-31(36)39-27)21-12-14-24(15-13-21)37-16-7-17-38-30-28(22-8-3-4-9-23(32)18-22)34(2)26-11-6-5-10-25(26)29(30)35;1-2/h3-6,9-15,18H,7-8,16-17,19H2,1-2H3,(H,33,36);1-2H3/b27-20+;. The fourth-order valence-corrected chi connectivity index (χ4v) is 5.46. The predicted molar refractivity (Wildman–Crippen MR) is 167 cm³/mol. The highest BCUT2D eigenvalue weighted by molar-refractivity contribution is 8.17. The Labute approximate surface area is 244 Å². The minimum absolute atomic E-state index is 0.0213. The van der Waals surface area contributed by atoms with Gasteiger partial charge in [-0.1, -0.05) is 50.3 Å². The molecule has 41 heavy (non-hydrogen) atoms. The number of carbonyl (C=O) groups is 1. The number of benzene rings is 2. The van der Waals surface area contributed by atoms with Gasteiger partial charge in [-0.15, -0.1) is 0 Å². The molecule has 2 aliphatic rings. The smallest absolute Gasteiger partial charge is 0.283 e. The van der Waals surface area contributed by atoms with Crippen LogP contribution in [0.2, 0.25) is 0 Å². The number of aryl methyl sites for hydroxylation is 1. The van der Waals surface area contributed by atoms with Gasteiger partial charge in [0.05, 0.1) is 31.0 Å². The third kappa shape index (κ3) is 7.00. The van der Waals surface area contributed by atoms with E-state index in [2.05, 4.69) is 5.32 Å². The third-order valence-electron chi connectivity index (χ3n) is 6.73. The van der Waals surface area contributed by atoms with Gasteiger partial charge in [0.1, 0.15) is 11.6 Å². The molecule has 6 nitrogen and oxygen atoms in total. The molecule has 8 heteroatoms. The number of para-hydroxylation sites is 1.